The van der Waals surface area contributed by atoms with E-state index in [1.54, 1.807) is 37.1 Å². The largest absolute Gasteiger partial charge is 0.332 e. The Hall–Kier alpha value is -3.75. The molecule has 4 aromatic rings. The van der Waals surface area contributed by atoms with Crippen molar-refractivity contribution in [3.05, 3.63) is 74.2 Å². The Kier molecular flexibility index (Phi) is 4.69. The van der Waals surface area contributed by atoms with Gasteiger partial charge in [0.2, 0.25) is 5.91 Å². The first-order chi connectivity index (χ1) is 15.4. The van der Waals surface area contributed by atoms with Crippen LogP contribution in [0, 0.1) is 13.8 Å². The van der Waals surface area contributed by atoms with Crippen LogP contribution in [0.4, 0.5) is 0 Å². The van der Waals surface area contributed by atoms with Gasteiger partial charge < -0.3 is 4.90 Å². The summed E-state index contributed by atoms with van der Waals surface area (Å²) in [6, 6.07) is 8.07. The highest BCUT2D eigenvalue weighted by atomic mass is 16.2. The summed E-state index contributed by atoms with van der Waals surface area (Å²) in [6.45, 7) is 5.83. The van der Waals surface area contributed by atoms with Crippen molar-refractivity contribution < 1.29 is 4.79 Å². The van der Waals surface area contributed by atoms with E-state index in [2.05, 4.69) is 15.2 Å². The van der Waals surface area contributed by atoms with Crippen molar-refractivity contribution in [1.29, 1.82) is 0 Å². The number of benzene rings is 1. The van der Waals surface area contributed by atoms with Crippen LogP contribution in [0.2, 0.25) is 0 Å². The second-order valence-corrected chi connectivity index (χ2v) is 8.38. The Morgan fingerprint density at radius 2 is 1.97 bits per heavy atom. The molecule has 2 atom stereocenters. The first-order valence-electron chi connectivity index (χ1n) is 10.7. The summed E-state index contributed by atoms with van der Waals surface area (Å²) in [7, 11) is 0. The number of fused-ring (bicyclic) bond motifs is 2. The molecular formula is C23H24N6O3. The van der Waals surface area contributed by atoms with E-state index in [0.29, 0.717) is 28.8 Å². The van der Waals surface area contributed by atoms with E-state index in [1.165, 1.54) is 9.20 Å². The van der Waals surface area contributed by atoms with Gasteiger partial charge in [-0.2, -0.15) is 5.10 Å². The van der Waals surface area contributed by atoms with Crippen LogP contribution in [0.15, 0.2) is 46.1 Å². The summed E-state index contributed by atoms with van der Waals surface area (Å²) in [4.78, 5) is 45.2. The minimum atomic E-state index is -0.748. The summed E-state index contributed by atoms with van der Waals surface area (Å²) < 4.78 is 2.68. The van der Waals surface area contributed by atoms with E-state index >= 15 is 0 Å². The molecule has 2 unspecified atom stereocenters. The zero-order chi connectivity index (χ0) is 22.6. The number of carbonyl (C=O) groups is 1. The molecule has 1 aliphatic heterocycles. The fraction of sp³-hybridized carbons (Fsp3) is 0.348. The third kappa shape index (κ3) is 3.04. The van der Waals surface area contributed by atoms with E-state index in [9.17, 15) is 14.4 Å². The van der Waals surface area contributed by atoms with Gasteiger partial charge in [-0.1, -0.05) is 18.2 Å². The first-order valence-corrected chi connectivity index (χ1v) is 10.7. The molecule has 9 nitrogen and oxygen atoms in total. The number of hydrogen-bond donors (Lipinski definition) is 1. The fourth-order valence-electron chi connectivity index (χ4n) is 4.49. The van der Waals surface area contributed by atoms with Crippen molar-refractivity contribution in [2.75, 3.05) is 6.54 Å². The Balaban J connectivity index is 1.50. The van der Waals surface area contributed by atoms with Crippen molar-refractivity contribution in [2.45, 2.75) is 45.7 Å². The number of aromatic amines is 1. The smallest absolute Gasteiger partial charge is 0.275 e. The summed E-state index contributed by atoms with van der Waals surface area (Å²) in [6.07, 6.45) is 3.21. The average molecular weight is 432 g/mol. The van der Waals surface area contributed by atoms with Gasteiger partial charge in [0.1, 0.15) is 6.04 Å². The Labute approximate surface area is 183 Å². The molecule has 5 rings (SSSR count). The van der Waals surface area contributed by atoms with E-state index in [-0.39, 0.29) is 23.1 Å². The van der Waals surface area contributed by atoms with Crippen molar-refractivity contribution in [3.63, 3.8) is 0 Å². The molecule has 164 valence electrons. The lowest BCUT2D eigenvalue weighted by Gasteiger charge is -2.27. The van der Waals surface area contributed by atoms with Gasteiger partial charge in [0.05, 0.1) is 23.3 Å². The topological polar surface area (TPSA) is 105 Å². The lowest BCUT2D eigenvalue weighted by atomic mass is 10.1. The minimum Gasteiger partial charge on any atom is -0.332 e. The molecule has 0 bridgehead atoms. The Morgan fingerprint density at radius 3 is 2.78 bits per heavy atom. The number of nitrogens with one attached hydrogen (secondary N) is 1. The van der Waals surface area contributed by atoms with Crippen LogP contribution in [0.25, 0.3) is 16.4 Å². The highest BCUT2D eigenvalue weighted by Crippen LogP contribution is 2.33. The molecule has 0 saturated carbocycles. The fourth-order valence-corrected chi connectivity index (χ4v) is 4.49. The first kappa shape index (κ1) is 20.2. The molecular weight excluding hydrogens is 408 g/mol. The van der Waals surface area contributed by atoms with Crippen molar-refractivity contribution in [2.24, 2.45) is 0 Å². The van der Waals surface area contributed by atoms with Gasteiger partial charge in [-0.3, -0.25) is 19.5 Å². The van der Waals surface area contributed by atoms with Gasteiger partial charge in [-0.15, -0.1) is 0 Å². The van der Waals surface area contributed by atoms with Gasteiger partial charge in [0, 0.05) is 29.3 Å². The Bertz CT molecular complexity index is 1480. The molecule has 1 fully saturated rings. The number of aromatic nitrogens is 5. The quantitative estimate of drug-likeness (QED) is 0.535. The van der Waals surface area contributed by atoms with Crippen LogP contribution < -0.4 is 11.1 Å². The van der Waals surface area contributed by atoms with E-state index < -0.39 is 6.04 Å². The highest BCUT2D eigenvalue weighted by molar-refractivity contribution is 5.83. The minimum absolute atomic E-state index is 0.144. The maximum atomic E-state index is 13.4. The second kappa shape index (κ2) is 7.44. The third-order valence-electron chi connectivity index (χ3n) is 6.44. The maximum Gasteiger partial charge on any atom is 0.275 e. The zero-order valence-electron chi connectivity index (χ0n) is 18.2. The predicted octanol–water partition coefficient (Wildman–Crippen LogP) is 2.27. The molecule has 0 spiro atoms. The summed E-state index contributed by atoms with van der Waals surface area (Å²) >= 11 is 0. The monoisotopic (exact) mass is 432 g/mol. The number of aryl methyl sites for hydroxylation is 1. The SMILES string of the molecule is Cc1nc2cc(C3CCCN3C(=O)C(C)n3ncc4ccccc4c3=O)[nH]n2c(=O)c1C. The molecule has 32 heavy (non-hydrogen) atoms. The second-order valence-electron chi connectivity index (χ2n) is 8.38. The van der Waals surface area contributed by atoms with Gasteiger partial charge in [0.25, 0.3) is 11.1 Å². The standard InChI is InChI=1S/C23H24N6O3/c1-13-14(2)25-20-11-18(26-29(20)21(13)30)19-9-6-10-27(19)22(31)15(3)28-23(32)17-8-5-4-7-16(17)12-24-28/h4-5,7-8,11-12,15,19,26H,6,9-10H2,1-3H3. The number of likely N-dealkylation sites (tertiary alicyclic amines) is 1. The van der Waals surface area contributed by atoms with Crippen LogP contribution in [0.3, 0.4) is 0 Å². The molecule has 0 radical (unpaired) electrons. The van der Waals surface area contributed by atoms with Gasteiger partial charge in [0.15, 0.2) is 5.65 Å². The normalized spacial score (nSPS) is 17.3. The van der Waals surface area contributed by atoms with E-state index in [0.717, 1.165) is 23.9 Å². The molecule has 1 aliphatic rings. The van der Waals surface area contributed by atoms with Crippen molar-refractivity contribution in [3.8, 4) is 0 Å². The van der Waals surface area contributed by atoms with Crippen LogP contribution in [-0.2, 0) is 4.79 Å². The molecule has 9 heteroatoms. The molecule has 0 aliphatic carbocycles. The number of hydrogen-bond acceptors (Lipinski definition) is 5. The summed E-state index contributed by atoms with van der Waals surface area (Å²) in [5.41, 5.74) is 2.15. The molecule has 3 aromatic heterocycles. The zero-order valence-corrected chi connectivity index (χ0v) is 18.2. The summed E-state index contributed by atoms with van der Waals surface area (Å²) in [5.74, 6) is -0.177. The van der Waals surface area contributed by atoms with Crippen LogP contribution >= 0.6 is 0 Å². The molecule has 1 amide bonds. The summed E-state index contributed by atoms with van der Waals surface area (Å²) in [5, 5.41) is 8.67. The molecule has 1 N–H and O–H groups in total. The number of rotatable bonds is 3. The maximum absolute atomic E-state index is 13.4. The average Bonchev–Trinajstić information content (AvgIpc) is 3.44. The molecule has 1 aromatic carbocycles. The van der Waals surface area contributed by atoms with Gasteiger partial charge in [-0.25, -0.2) is 14.2 Å². The molecule has 1 saturated heterocycles. The van der Waals surface area contributed by atoms with E-state index in [1.807, 2.05) is 25.1 Å². The lowest BCUT2D eigenvalue weighted by Crippen LogP contribution is -2.40. The van der Waals surface area contributed by atoms with Gasteiger partial charge >= 0.3 is 0 Å². The van der Waals surface area contributed by atoms with Crippen LogP contribution in [0.1, 0.15) is 48.8 Å². The highest BCUT2D eigenvalue weighted by Gasteiger charge is 2.35. The van der Waals surface area contributed by atoms with Crippen molar-refractivity contribution in [1.82, 2.24) is 29.3 Å². The number of nitrogens with zero attached hydrogens (tertiary/aromatic N) is 5. The van der Waals surface area contributed by atoms with Crippen LogP contribution in [-0.4, -0.2) is 41.7 Å². The van der Waals surface area contributed by atoms with Crippen LogP contribution in [0.5, 0.6) is 0 Å². The van der Waals surface area contributed by atoms with E-state index in [4.69, 9.17) is 0 Å². The van der Waals surface area contributed by atoms with Crippen molar-refractivity contribution >= 4 is 22.3 Å². The lowest BCUT2D eigenvalue weighted by molar-refractivity contribution is -0.135. The van der Waals surface area contributed by atoms with Gasteiger partial charge in [-0.05, 0) is 39.7 Å². The third-order valence-corrected chi connectivity index (χ3v) is 6.44. The Morgan fingerprint density at radius 1 is 1.19 bits per heavy atom. The molecule has 4 heterocycles. The number of amides is 1. The predicted molar refractivity (Wildman–Crippen MR) is 120 cm³/mol. The number of carbonyl (C=O) groups excluding carboxylic acids is 1. The number of H-pyrrole nitrogens is 1.